The molecule has 172 valence electrons. The van der Waals surface area contributed by atoms with Crippen molar-refractivity contribution in [2.24, 2.45) is 0 Å². The molecular formula is C23H22N2O7S. The van der Waals surface area contributed by atoms with E-state index in [1.807, 2.05) is 0 Å². The average Bonchev–Trinajstić information content (AvgIpc) is 3.18. The summed E-state index contributed by atoms with van der Waals surface area (Å²) in [7, 11) is -3.20. The second-order valence-corrected chi connectivity index (χ2v) is 10.7. The lowest BCUT2D eigenvalue weighted by atomic mass is 10.0. The molecule has 2 heterocycles. The van der Waals surface area contributed by atoms with E-state index >= 15 is 0 Å². The molecule has 4 rings (SSSR count). The standard InChI is InChI=1S/C23H22N2O7S/c1-14-5-3-4-6-18(14)25-20(27)16-8-7-15(11-17(16)21(25)28)22(29)32-12-19(26)24-23(2)9-10-33(30,31)13-23/h3-8,11H,9-10,12-13H2,1-2H3,(H,24,26). The van der Waals surface area contributed by atoms with Crippen LogP contribution >= 0.6 is 0 Å². The molecule has 0 saturated carbocycles. The Kier molecular flexibility index (Phi) is 5.57. The molecule has 3 amide bonds. The van der Waals surface area contributed by atoms with E-state index in [1.54, 1.807) is 38.1 Å². The summed E-state index contributed by atoms with van der Waals surface area (Å²) in [6, 6.07) is 11.0. The van der Waals surface area contributed by atoms with Gasteiger partial charge >= 0.3 is 5.97 Å². The van der Waals surface area contributed by atoms with Gasteiger partial charge < -0.3 is 10.1 Å². The zero-order valence-electron chi connectivity index (χ0n) is 18.1. The van der Waals surface area contributed by atoms with Gasteiger partial charge in [0.15, 0.2) is 16.4 Å². The number of hydrogen-bond acceptors (Lipinski definition) is 7. The fraction of sp³-hybridized carbons (Fsp3) is 0.304. The van der Waals surface area contributed by atoms with Crippen LogP contribution in [-0.2, 0) is 19.4 Å². The number of amides is 3. The van der Waals surface area contributed by atoms with E-state index in [2.05, 4.69) is 5.32 Å². The molecule has 0 bridgehead atoms. The maximum absolute atomic E-state index is 12.9. The van der Waals surface area contributed by atoms with Gasteiger partial charge in [-0.15, -0.1) is 0 Å². The Labute approximate surface area is 190 Å². The lowest BCUT2D eigenvalue weighted by Gasteiger charge is -2.23. The number of aryl methyl sites for hydroxylation is 1. The number of rotatable bonds is 5. The number of ether oxygens (including phenoxy) is 1. The van der Waals surface area contributed by atoms with Gasteiger partial charge in [-0.25, -0.2) is 18.1 Å². The third-order valence-electron chi connectivity index (χ3n) is 5.76. The molecule has 1 saturated heterocycles. The summed E-state index contributed by atoms with van der Waals surface area (Å²) in [5.41, 5.74) is 0.581. The molecule has 1 N–H and O–H groups in total. The lowest BCUT2D eigenvalue weighted by molar-refractivity contribution is -0.125. The van der Waals surface area contributed by atoms with Crippen LogP contribution in [0.5, 0.6) is 0 Å². The summed E-state index contributed by atoms with van der Waals surface area (Å²) in [6.07, 6.45) is 0.285. The molecule has 2 aromatic rings. The molecule has 1 unspecified atom stereocenters. The third-order valence-corrected chi connectivity index (χ3v) is 7.66. The van der Waals surface area contributed by atoms with Crippen molar-refractivity contribution < 1.29 is 32.3 Å². The maximum atomic E-state index is 12.9. The molecular weight excluding hydrogens is 448 g/mol. The number of nitrogens with one attached hydrogen (secondary N) is 1. The number of esters is 1. The first-order chi connectivity index (χ1) is 15.5. The third kappa shape index (κ3) is 4.38. The largest absolute Gasteiger partial charge is 0.452 e. The second kappa shape index (κ2) is 8.11. The Balaban J connectivity index is 1.44. The zero-order valence-corrected chi connectivity index (χ0v) is 18.9. The van der Waals surface area contributed by atoms with Gasteiger partial charge in [-0.2, -0.15) is 0 Å². The highest BCUT2D eigenvalue weighted by Crippen LogP contribution is 2.31. The van der Waals surface area contributed by atoms with Gasteiger partial charge in [0.25, 0.3) is 17.7 Å². The van der Waals surface area contributed by atoms with Crippen LogP contribution in [0.15, 0.2) is 42.5 Å². The van der Waals surface area contributed by atoms with Gasteiger partial charge in [0.1, 0.15) is 0 Å². The normalized spacial score (nSPS) is 21.1. The summed E-state index contributed by atoms with van der Waals surface area (Å²) in [5.74, 6) is -2.67. The minimum atomic E-state index is -3.20. The summed E-state index contributed by atoms with van der Waals surface area (Å²) >= 11 is 0. The van der Waals surface area contributed by atoms with Crippen molar-refractivity contribution in [1.29, 1.82) is 0 Å². The number of benzene rings is 2. The van der Waals surface area contributed by atoms with Crippen molar-refractivity contribution in [1.82, 2.24) is 5.32 Å². The number of carbonyl (C=O) groups is 4. The molecule has 2 aliphatic heterocycles. The van der Waals surface area contributed by atoms with Crippen LogP contribution in [0, 0.1) is 6.92 Å². The number of fused-ring (bicyclic) bond motifs is 1. The SMILES string of the molecule is Cc1ccccc1N1C(=O)c2ccc(C(=O)OCC(=O)NC3(C)CCS(=O)(=O)C3)cc2C1=O. The van der Waals surface area contributed by atoms with Crippen LogP contribution in [0.25, 0.3) is 0 Å². The van der Waals surface area contributed by atoms with Crippen LogP contribution in [-0.4, -0.2) is 55.8 Å². The average molecular weight is 471 g/mol. The minimum absolute atomic E-state index is 0.00896. The van der Waals surface area contributed by atoms with Gasteiger partial charge in [0.05, 0.1) is 39.4 Å². The lowest BCUT2D eigenvalue weighted by Crippen LogP contribution is -2.48. The number of sulfone groups is 1. The monoisotopic (exact) mass is 470 g/mol. The quantitative estimate of drug-likeness (QED) is 0.520. The number of nitrogens with zero attached hydrogens (tertiary/aromatic N) is 1. The van der Waals surface area contributed by atoms with Gasteiger partial charge in [-0.1, -0.05) is 18.2 Å². The maximum Gasteiger partial charge on any atom is 0.338 e. The van der Waals surface area contributed by atoms with E-state index in [0.717, 1.165) is 10.5 Å². The van der Waals surface area contributed by atoms with E-state index in [0.29, 0.717) is 5.69 Å². The summed E-state index contributed by atoms with van der Waals surface area (Å²) in [6.45, 7) is 2.81. The van der Waals surface area contributed by atoms with Crippen LogP contribution in [0.1, 0.15) is 50.0 Å². The topological polar surface area (TPSA) is 127 Å². The minimum Gasteiger partial charge on any atom is -0.452 e. The summed E-state index contributed by atoms with van der Waals surface area (Å²) in [5, 5.41) is 2.60. The Morgan fingerprint density at radius 1 is 1.09 bits per heavy atom. The van der Waals surface area contributed by atoms with Crippen molar-refractivity contribution >= 4 is 39.2 Å². The van der Waals surface area contributed by atoms with E-state index in [-0.39, 0.29) is 34.6 Å². The Morgan fingerprint density at radius 2 is 1.79 bits per heavy atom. The van der Waals surface area contributed by atoms with Crippen molar-refractivity contribution in [3.63, 3.8) is 0 Å². The Morgan fingerprint density at radius 3 is 2.45 bits per heavy atom. The molecule has 0 radical (unpaired) electrons. The van der Waals surface area contributed by atoms with Crippen LogP contribution in [0.4, 0.5) is 5.69 Å². The van der Waals surface area contributed by atoms with Crippen LogP contribution < -0.4 is 10.2 Å². The van der Waals surface area contributed by atoms with E-state index in [9.17, 15) is 27.6 Å². The summed E-state index contributed by atoms with van der Waals surface area (Å²) < 4.78 is 28.4. The number of carbonyl (C=O) groups excluding carboxylic acids is 4. The van der Waals surface area contributed by atoms with E-state index in [4.69, 9.17) is 4.74 Å². The fourth-order valence-electron chi connectivity index (χ4n) is 4.10. The zero-order chi connectivity index (χ0) is 24.0. The Hall–Kier alpha value is -3.53. The molecule has 1 atom stereocenters. The van der Waals surface area contributed by atoms with Gasteiger partial charge in [0, 0.05) is 0 Å². The molecule has 2 aromatic carbocycles. The number of hydrogen-bond donors (Lipinski definition) is 1. The molecule has 2 aliphatic rings. The first kappa shape index (κ1) is 22.7. The first-order valence-electron chi connectivity index (χ1n) is 10.3. The highest BCUT2D eigenvalue weighted by atomic mass is 32.2. The second-order valence-electron chi connectivity index (χ2n) is 8.52. The number of para-hydroxylation sites is 1. The van der Waals surface area contributed by atoms with Crippen LogP contribution in [0.3, 0.4) is 0 Å². The van der Waals surface area contributed by atoms with Crippen molar-refractivity contribution in [3.05, 3.63) is 64.7 Å². The number of imide groups is 1. The molecule has 10 heteroatoms. The number of anilines is 1. The fourth-order valence-corrected chi connectivity index (χ4v) is 6.19. The van der Waals surface area contributed by atoms with Gasteiger partial charge in [-0.3, -0.25) is 14.4 Å². The molecule has 9 nitrogen and oxygen atoms in total. The predicted octanol–water partition coefficient (Wildman–Crippen LogP) is 1.65. The van der Waals surface area contributed by atoms with Gasteiger partial charge in [0.2, 0.25) is 0 Å². The highest BCUT2D eigenvalue weighted by molar-refractivity contribution is 7.91. The van der Waals surface area contributed by atoms with Gasteiger partial charge in [-0.05, 0) is 50.1 Å². The van der Waals surface area contributed by atoms with Crippen molar-refractivity contribution in [3.8, 4) is 0 Å². The molecule has 0 spiro atoms. The predicted molar refractivity (Wildman–Crippen MR) is 119 cm³/mol. The summed E-state index contributed by atoms with van der Waals surface area (Å²) in [4.78, 5) is 51.4. The van der Waals surface area contributed by atoms with Crippen LogP contribution in [0.2, 0.25) is 0 Å². The van der Waals surface area contributed by atoms with Crippen molar-refractivity contribution in [2.45, 2.75) is 25.8 Å². The smallest absolute Gasteiger partial charge is 0.338 e. The van der Waals surface area contributed by atoms with Crippen molar-refractivity contribution in [2.75, 3.05) is 23.0 Å². The Bertz CT molecular complexity index is 1300. The van der Waals surface area contributed by atoms with E-state index < -0.39 is 45.7 Å². The first-order valence-corrected chi connectivity index (χ1v) is 12.1. The highest BCUT2D eigenvalue weighted by Gasteiger charge is 2.40. The molecule has 1 fully saturated rings. The molecule has 33 heavy (non-hydrogen) atoms. The molecule has 0 aromatic heterocycles. The van der Waals surface area contributed by atoms with E-state index in [1.165, 1.54) is 18.2 Å². The molecule has 0 aliphatic carbocycles.